The molecule has 0 spiro atoms. The van der Waals surface area contributed by atoms with E-state index >= 15 is 0 Å². The lowest BCUT2D eigenvalue weighted by Gasteiger charge is -2.34. The standard InChI is InChI=1S/C24H26ClN5OS/c1-17-9-7-8-14-30(17)21-15-22(31-19-11-3-2-4-12-19)28-23(27-21)29-24(32)26-16-18-10-5-6-13-20(18)25/h2-6,10-13,15,17H,7-9,14,16H2,1H3,(H2,26,27,28,29,32)/t17-/m0/s1. The van der Waals surface area contributed by atoms with Gasteiger partial charge in [-0.3, -0.25) is 0 Å². The van der Waals surface area contributed by atoms with E-state index < -0.39 is 0 Å². The molecule has 1 saturated heterocycles. The fourth-order valence-corrected chi connectivity index (χ4v) is 4.04. The van der Waals surface area contributed by atoms with Crippen molar-refractivity contribution in [2.45, 2.75) is 38.8 Å². The van der Waals surface area contributed by atoms with Gasteiger partial charge in [0, 0.05) is 30.2 Å². The van der Waals surface area contributed by atoms with Gasteiger partial charge in [0.2, 0.25) is 11.8 Å². The lowest BCUT2D eigenvalue weighted by atomic mass is 10.0. The van der Waals surface area contributed by atoms with Gasteiger partial charge in [0.25, 0.3) is 0 Å². The Balaban J connectivity index is 1.52. The first-order valence-electron chi connectivity index (χ1n) is 10.8. The van der Waals surface area contributed by atoms with E-state index in [2.05, 4.69) is 27.4 Å². The molecule has 2 heterocycles. The quantitative estimate of drug-likeness (QED) is 0.445. The summed E-state index contributed by atoms with van der Waals surface area (Å²) in [5, 5.41) is 7.38. The molecule has 0 amide bonds. The SMILES string of the molecule is C[C@H]1CCCCN1c1cc(Oc2ccccc2)nc(NC(=S)NCc2ccccc2Cl)n1. The van der Waals surface area contributed by atoms with Crippen LogP contribution in [0.2, 0.25) is 5.02 Å². The third-order valence-corrected chi connectivity index (χ3v) is 5.99. The minimum Gasteiger partial charge on any atom is -0.439 e. The van der Waals surface area contributed by atoms with Crippen molar-refractivity contribution >= 4 is 40.7 Å². The van der Waals surface area contributed by atoms with E-state index in [4.69, 9.17) is 33.5 Å². The Morgan fingerprint density at radius 3 is 2.69 bits per heavy atom. The van der Waals surface area contributed by atoms with E-state index in [1.165, 1.54) is 6.42 Å². The van der Waals surface area contributed by atoms with Gasteiger partial charge in [0.05, 0.1) is 0 Å². The molecule has 0 bridgehead atoms. The van der Waals surface area contributed by atoms with Crippen LogP contribution in [0.25, 0.3) is 0 Å². The van der Waals surface area contributed by atoms with Gasteiger partial charge in [-0.15, -0.1) is 0 Å². The highest BCUT2D eigenvalue weighted by Crippen LogP contribution is 2.28. The fourth-order valence-electron chi connectivity index (χ4n) is 3.68. The Bertz CT molecular complexity index is 1070. The zero-order valence-electron chi connectivity index (χ0n) is 17.9. The van der Waals surface area contributed by atoms with Crippen molar-refractivity contribution in [3.05, 3.63) is 71.2 Å². The first kappa shape index (κ1) is 22.3. The number of benzene rings is 2. The molecule has 166 valence electrons. The highest BCUT2D eigenvalue weighted by Gasteiger charge is 2.21. The maximum atomic E-state index is 6.24. The van der Waals surface area contributed by atoms with Crippen LogP contribution in [0, 0.1) is 0 Å². The summed E-state index contributed by atoms with van der Waals surface area (Å²) in [4.78, 5) is 11.6. The molecule has 0 aliphatic carbocycles. The molecule has 8 heteroatoms. The summed E-state index contributed by atoms with van der Waals surface area (Å²) in [5.74, 6) is 2.40. The second-order valence-corrected chi connectivity index (χ2v) is 8.56. The van der Waals surface area contributed by atoms with Crippen molar-refractivity contribution < 1.29 is 4.74 Å². The van der Waals surface area contributed by atoms with Crippen LogP contribution in [0.4, 0.5) is 11.8 Å². The number of anilines is 2. The number of aromatic nitrogens is 2. The van der Waals surface area contributed by atoms with Crippen molar-refractivity contribution in [2.24, 2.45) is 0 Å². The van der Waals surface area contributed by atoms with Gasteiger partial charge < -0.3 is 20.3 Å². The lowest BCUT2D eigenvalue weighted by molar-refractivity contribution is 0.457. The predicted octanol–water partition coefficient (Wildman–Crippen LogP) is 5.79. The number of para-hydroxylation sites is 1. The summed E-state index contributed by atoms with van der Waals surface area (Å²) in [6.45, 7) is 3.68. The van der Waals surface area contributed by atoms with E-state index in [-0.39, 0.29) is 0 Å². The topological polar surface area (TPSA) is 62.3 Å². The zero-order valence-corrected chi connectivity index (χ0v) is 19.5. The predicted molar refractivity (Wildman–Crippen MR) is 134 cm³/mol. The van der Waals surface area contributed by atoms with Crippen LogP contribution in [-0.2, 0) is 6.54 Å². The molecule has 0 unspecified atom stereocenters. The first-order chi connectivity index (χ1) is 15.6. The monoisotopic (exact) mass is 467 g/mol. The molecule has 0 saturated carbocycles. The molecule has 2 N–H and O–H groups in total. The van der Waals surface area contributed by atoms with Crippen molar-refractivity contribution in [1.82, 2.24) is 15.3 Å². The number of hydrogen-bond acceptors (Lipinski definition) is 5. The van der Waals surface area contributed by atoms with Gasteiger partial charge in [0.1, 0.15) is 11.6 Å². The molecule has 0 radical (unpaired) electrons. The normalized spacial score (nSPS) is 15.8. The van der Waals surface area contributed by atoms with Crippen molar-refractivity contribution in [1.29, 1.82) is 0 Å². The van der Waals surface area contributed by atoms with Crippen LogP contribution >= 0.6 is 23.8 Å². The smallest absolute Gasteiger partial charge is 0.234 e. The molecule has 1 aliphatic heterocycles. The van der Waals surface area contributed by atoms with E-state index in [0.717, 1.165) is 30.8 Å². The van der Waals surface area contributed by atoms with Crippen LogP contribution in [0.1, 0.15) is 31.7 Å². The average molecular weight is 468 g/mol. The van der Waals surface area contributed by atoms with E-state index in [1.807, 2.05) is 60.7 Å². The summed E-state index contributed by atoms with van der Waals surface area (Å²) in [6.07, 6.45) is 3.51. The molecule has 1 atom stereocenters. The Hall–Kier alpha value is -2.90. The van der Waals surface area contributed by atoms with Crippen LogP contribution in [0.15, 0.2) is 60.7 Å². The van der Waals surface area contributed by atoms with Crippen molar-refractivity contribution in [3.8, 4) is 11.6 Å². The summed E-state index contributed by atoms with van der Waals surface area (Å²) in [6, 6.07) is 19.5. The zero-order chi connectivity index (χ0) is 22.3. The van der Waals surface area contributed by atoms with Gasteiger partial charge in [-0.25, -0.2) is 0 Å². The van der Waals surface area contributed by atoms with Crippen molar-refractivity contribution in [3.63, 3.8) is 0 Å². The molecular formula is C24H26ClN5OS. The number of halogens is 1. The average Bonchev–Trinajstić information content (AvgIpc) is 2.79. The summed E-state index contributed by atoms with van der Waals surface area (Å²) < 4.78 is 6.01. The number of rotatable bonds is 6. The summed E-state index contributed by atoms with van der Waals surface area (Å²) >= 11 is 11.7. The molecule has 32 heavy (non-hydrogen) atoms. The van der Waals surface area contributed by atoms with Crippen LogP contribution in [0.5, 0.6) is 11.6 Å². The molecule has 4 rings (SSSR count). The van der Waals surface area contributed by atoms with E-state index in [9.17, 15) is 0 Å². The van der Waals surface area contributed by atoms with Crippen molar-refractivity contribution in [2.75, 3.05) is 16.8 Å². The summed E-state index contributed by atoms with van der Waals surface area (Å²) in [5.41, 5.74) is 0.961. The van der Waals surface area contributed by atoms with Gasteiger partial charge in [-0.1, -0.05) is 48.0 Å². The number of piperidine rings is 1. The minimum absolute atomic E-state index is 0.392. The maximum Gasteiger partial charge on any atom is 0.234 e. The molecular weight excluding hydrogens is 442 g/mol. The van der Waals surface area contributed by atoms with Crippen LogP contribution in [-0.4, -0.2) is 27.7 Å². The third-order valence-electron chi connectivity index (χ3n) is 5.37. The van der Waals surface area contributed by atoms with Gasteiger partial charge in [0.15, 0.2) is 5.11 Å². The minimum atomic E-state index is 0.392. The first-order valence-corrected chi connectivity index (χ1v) is 11.5. The highest BCUT2D eigenvalue weighted by molar-refractivity contribution is 7.80. The number of hydrogen-bond donors (Lipinski definition) is 2. The molecule has 6 nitrogen and oxygen atoms in total. The Kier molecular flexibility index (Phi) is 7.39. The van der Waals surface area contributed by atoms with Gasteiger partial charge in [-0.2, -0.15) is 9.97 Å². The molecule has 1 fully saturated rings. The number of nitrogens with zero attached hydrogens (tertiary/aromatic N) is 3. The number of ether oxygens (including phenoxy) is 1. The largest absolute Gasteiger partial charge is 0.439 e. The summed E-state index contributed by atoms with van der Waals surface area (Å²) in [7, 11) is 0. The number of thiocarbonyl (C=S) groups is 1. The lowest BCUT2D eigenvalue weighted by Crippen LogP contribution is -2.38. The molecule has 1 aromatic heterocycles. The van der Waals surface area contributed by atoms with E-state index in [0.29, 0.717) is 40.3 Å². The maximum absolute atomic E-state index is 6.24. The molecule has 1 aliphatic rings. The van der Waals surface area contributed by atoms with E-state index in [1.54, 1.807) is 0 Å². The Morgan fingerprint density at radius 1 is 1.12 bits per heavy atom. The number of nitrogens with one attached hydrogen (secondary N) is 2. The van der Waals surface area contributed by atoms with Crippen LogP contribution < -0.4 is 20.3 Å². The third kappa shape index (κ3) is 5.87. The Labute approximate surface area is 199 Å². The Morgan fingerprint density at radius 2 is 1.91 bits per heavy atom. The van der Waals surface area contributed by atoms with Gasteiger partial charge >= 0.3 is 0 Å². The second-order valence-electron chi connectivity index (χ2n) is 7.74. The van der Waals surface area contributed by atoms with Crippen LogP contribution in [0.3, 0.4) is 0 Å². The molecule has 3 aromatic rings. The fraction of sp³-hybridized carbons (Fsp3) is 0.292. The molecule has 2 aromatic carbocycles. The second kappa shape index (κ2) is 10.6. The highest BCUT2D eigenvalue weighted by atomic mass is 35.5. The van der Waals surface area contributed by atoms with Gasteiger partial charge in [-0.05, 0) is 62.2 Å².